The molecule has 0 fully saturated rings. The van der Waals surface area contributed by atoms with E-state index in [-0.39, 0.29) is 13.2 Å². The minimum atomic E-state index is -0.125. The van der Waals surface area contributed by atoms with Crippen LogP contribution in [-0.2, 0) is 0 Å². The Hall–Kier alpha value is -0.120. The van der Waals surface area contributed by atoms with Gasteiger partial charge in [-0.05, 0) is 6.42 Å². The molecule has 0 radical (unpaired) electrons. The van der Waals surface area contributed by atoms with Gasteiger partial charge in [0.2, 0.25) is 0 Å². The summed E-state index contributed by atoms with van der Waals surface area (Å²) in [4.78, 5) is 0. The maximum absolute atomic E-state index is 8.51. The molecule has 0 saturated heterocycles. The molecular formula is C12H28O3. The molecule has 0 aromatic carbocycles. The molecule has 3 heteroatoms. The lowest BCUT2D eigenvalue weighted by Gasteiger charge is -1.98. The smallest absolute Gasteiger partial charge is 0.0662 e. The van der Waals surface area contributed by atoms with Crippen LogP contribution < -0.4 is 0 Å². The molecular weight excluding hydrogens is 192 g/mol. The van der Waals surface area contributed by atoms with Crippen molar-refractivity contribution in [1.82, 2.24) is 0 Å². The van der Waals surface area contributed by atoms with Gasteiger partial charge < -0.3 is 15.3 Å². The highest BCUT2D eigenvalue weighted by atomic mass is 16.3. The maximum Gasteiger partial charge on any atom is 0.0662 e. The van der Waals surface area contributed by atoms with Gasteiger partial charge in [-0.2, -0.15) is 0 Å². The van der Waals surface area contributed by atoms with Crippen LogP contribution in [0.4, 0.5) is 0 Å². The molecule has 0 aliphatic rings. The van der Waals surface area contributed by atoms with Gasteiger partial charge in [0.1, 0.15) is 0 Å². The first kappa shape index (κ1) is 17.3. The second kappa shape index (κ2) is 19.5. The first-order valence-corrected chi connectivity index (χ1v) is 6.16. The van der Waals surface area contributed by atoms with Crippen LogP contribution in [0.1, 0.15) is 58.3 Å². The van der Waals surface area contributed by atoms with Crippen LogP contribution in [0.3, 0.4) is 0 Å². The molecule has 3 nitrogen and oxygen atoms in total. The largest absolute Gasteiger partial charge is 0.396 e. The molecule has 0 aromatic rings. The third kappa shape index (κ3) is 24.8. The lowest BCUT2D eigenvalue weighted by Crippen LogP contribution is -1.85. The summed E-state index contributed by atoms with van der Waals surface area (Å²) in [5.74, 6) is 0. The molecule has 0 spiro atoms. The third-order valence-corrected chi connectivity index (χ3v) is 2.11. The molecule has 0 heterocycles. The van der Waals surface area contributed by atoms with Crippen molar-refractivity contribution < 1.29 is 15.3 Å². The van der Waals surface area contributed by atoms with Gasteiger partial charge in [-0.1, -0.05) is 51.9 Å². The summed E-state index contributed by atoms with van der Waals surface area (Å²) in [5.41, 5.74) is 0. The van der Waals surface area contributed by atoms with Gasteiger partial charge in [-0.25, -0.2) is 0 Å². The molecule has 0 bridgehead atoms. The zero-order valence-corrected chi connectivity index (χ0v) is 10.1. The van der Waals surface area contributed by atoms with Gasteiger partial charge in [0.15, 0.2) is 0 Å². The average molecular weight is 220 g/mol. The predicted octanol–water partition coefficient (Wildman–Crippen LogP) is 2.09. The van der Waals surface area contributed by atoms with Crippen molar-refractivity contribution in [1.29, 1.82) is 0 Å². The standard InChI is InChI=1S/C10H22O.C2H6O2/c1-2-3-4-5-6-7-8-9-10-11;3-1-2-4/h11H,2-10H2,1H3;3-4H,1-2H2. The fourth-order valence-corrected chi connectivity index (χ4v) is 1.25. The summed E-state index contributed by atoms with van der Waals surface area (Å²) in [7, 11) is 0. The minimum Gasteiger partial charge on any atom is -0.396 e. The Morgan fingerprint density at radius 2 is 0.933 bits per heavy atom. The highest BCUT2D eigenvalue weighted by Crippen LogP contribution is 2.07. The Morgan fingerprint density at radius 1 is 0.533 bits per heavy atom. The van der Waals surface area contributed by atoms with Gasteiger partial charge in [0, 0.05) is 6.61 Å². The SMILES string of the molecule is CCCCCCCCCCO.OCCO. The van der Waals surface area contributed by atoms with E-state index in [0.29, 0.717) is 6.61 Å². The van der Waals surface area contributed by atoms with Crippen molar-refractivity contribution in [3.05, 3.63) is 0 Å². The van der Waals surface area contributed by atoms with Crippen molar-refractivity contribution in [3.63, 3.8) is 0 Å². The second-order valence-electron chi connectivity index (χ2n) is 3.65. The van der Waals surface area contributed by atoms with Gasteiger partial charge in [0.05, 0.1) is 13.2 Å². The molecule has 94 valence electrons. The molecule has 3 N–H and O–H groups in total. The summed E-state index contributed by atoms with van der Waals surface area (Å²) in [6, 6.07) is 0. The van der Waals surface area contributed by atoms with Crippen LogP contribution >= 0.6 is 0 Å². The number of unbranched alkanes of at least 4 members (excludes halogenated alkanes) is 7. The normalized spacial score (nSPS) is 9.60. The minimum absolute atomic E-state index is 0.125. The quantitative estimate of drug-likeness (QED) is 0.521. The lowest BCUT2D eigenvalue weighted by atomic mass is 10.1. The topological polar surface area (TPSA) is 60.7 Å². The van der Waals surface area contributed by atoms with Gasteiger partial charge in [-0.3, -0.25) is 0 Å². The molecule has 0 aliphatic carbocycles. The van der Waals surface area contributed by atoms with Crippen LogP contribution in [0.15, 0.2) is 0 Å². The van der Waals surface area contributed by atoms with E-state index >= 15 is 0 Å². The summed E-state index contributed by atoms with van der Waals surface area (Å²) in [5, 5.41) is 23.8. The Balaban J connectivity index is 0. The monoisotopic (exact) mass is 220 g/mol. The summed E-state index contributed by atoms with van der Waals surface area (Å²) in [6.07, 6.45) is 10.4. The molecule has 0 aliphatic heterocycles. The molecule has 0 unspecified atom stereocenters. The predicted molar refractivity (Wildman–Crippen MR) is 63.9 cm³/mol. The summed E-state index contributed by atoms with van der Waals surface area (Å²) in [6.45, 7) is 2.36. The van der Waals surface area contributed by atoms with Crippen LogP contribution in [0.2, 0.25) is 0 Å². The second-order valence-corrected chi connectivity index (χ2v) is 3.65. The number of hydrogen-bond donors (Lipinski definition) is 3. The van der Waals surface area contributed by atoms with E-state index in [9.17, 15) is 0 Å². The molecule has 0 rings (SSSR count). The fourth-order valence-electron chi connectivity index (χ4n) is 1.25. The zero-order valence-electron chi connectivity index (χ0n) is 10.1. The number of hydrogen-bond acceptors (Lipinski definition) is 3. The van der Waals surface area contributed by atoms with Gasteiger partial charge in [0.25, 0.3) is 0 Å². The first-order chi connectivity index (χ1) is 7.33. The Morgan fingerprint density at radius 3 is 1.27 bits per heavy atom. The van der Waals surface area contributed by atoms with E-state index in [1.165, 1.54) is 44.9 Å². The number of aliphatic hydroxyl groups is 3. The van der Waals surface area contributed by atoms with Crippen molar-refractivity contribution in [2.45, 2.75) is 58.3 Å². The van der Waals surface area contributed by atoms with Crippen molar-refractivity contribution in [2.75, 3.05) is 19.8 Å². The van der Waals surface area contributed by atoms with E-state index in [0.717, 1.165) is 6.42 Å². The highest BCUT2D eigenvalue weighted by Gasteiger charge is 1.89. The van der Waals surface area contributed by atoms with Crippen molar-refractivity contribution in [3.8, 4) is 0 Å². The Kier molecular flexibility index (Phi) is 22.4. The number of rotatable bonds is 9. The molecule has 0 atom stereocenters. The maximum atomic E-state index is 8.51. The van der Waals surface area contributed by atoms with E-state index < -0.39 is 0 Å². The van der Waals surface area contributed by atoms with E-state index in [1.54, 1.807) is 0 Å². The van der Waals surface area contributed by atoms with E-state index in [4.69, 9.17) is 15.3 Å². The van der Waals surface area contributed by atoms with Crippen molar-refractivity contribution >= 4 is 0 Å². The van der Waals surface area contributed by atoms with Gasteiger partial charge in [-0.15, -0.1) is 0 Å². The number of aliphatic hydroxyl groups excluding tert-OH is 3. The van der Waals surface area contributed by atoms with E-state index in [2.05, 4.69) is 6.92 Å². The molecule has 0 aromatic heterocycles. The third-order valence-electron chi connectivity index (χ3n) is 2.11. The lowest BCUT2D eigenvalue weighted by molar-refractivity contribution is 0.186. The molecule has 0 amide bonds. The zero-order chi connectivity index (χ0) is 11.8. The first-order valence-electron chi connectivity index (χ1n) is 6.16. The summed E-state index contributed by atoms with van der Waals surface area (Å²) < 4.78 is 0. The Bertz CT molecular complexity index is 76.9. The van der Waals surface area contributed by atoms with Crippen LogP contribution in [0, 0.1) is 0 Å². The van der Waals surface area contributed by atoms with Crippen LogP contribution in [-0.4, -0.2) is 35.1 Å². The Labute approximate surface area is 94.1 Å². The van der Waals surface area contributed by atoms with Crippen LogP contribution in [0.5, 0.6) is 0 Å². The summed E-state index contributed by atoms with van der Waals surface area (Å²) >= 11 is 0. The van der Waals surface area contributed by atoms with Gasteiger partial charge >= 0.3 is 0 Å². The molecule has 15 heavy (non-hydrogen) atoms. The highest BCUT2D eigenvalue weighted by molar-refractivity contribution is 4.44. The average Bonchev–Trinajstić information content (AvgIpc) is 2.28. The van der Waals surface area contributed by atoms with E-state index in [1.807, 2.05) is 0 Å². The fraction of sp³-hybridized carbons (Fsp3) is 1.00. The van der Waals surface area contributed by atoms with Crippen LogP contribution in [0.25, 0.3) is 0 Å². The van der Waals surface area contributed by atoms with Crippen molar-refractivity contribution in [2.24, 2.45) is 0 Å². The molecule has 0 saturated carbocycles.